The summed E-state index contributed by atoms with van der Waals surface area (Å²) < 4.78 is 1.33. The van der Waals surface area contributed by atoms with Crippen LogP contribution in [0.15, 0.2) is 33.5 Å². The molecule has 2 aromatic rings. The van der Waals surface area contributed by atoms with E-state index in [-0.39, 0.29) is 0 Å². The molecule has 0 atom stereocenters. The lowest BCUT2D eigenvalue weighted by Gasteiger charge is -2.06. The van der Waals surface area contributed by atoms with E-state index < -0.39 is 0 Å². The van der Waals surface area contributed by atoms with Crippen LogP contribution in [0, 0.1) is 0 Å². The molecule has 0 aliphatic rings. The molecule has 1 aromatic carbocycles. The molecule has 0 bridgehead atoms. The molecule has 1 heterocycles. The van der Waals surface area contributed by atoms with Crippen LogP contribution < -0.4 is 0 Å². The maximum absolute atomic E-state index is 6.07. The Kier molecular flexibility index (Phi) is 3.85. The molecule has 82 valence electrons. The standard InChI is InChI=1S/C10H4Br2Cl2N2/c11-7-4-8(12)16-10(15-7)9-5(13)2-1-3-6(9)14/h1-4H. The zero-order valence-corrected chi connectivity index (χ0v) is 12.4. The highest BCUT2D eigenvalue weighted by Gasteiger charge is 2.12. The molecule has 0 radical (unpaired) electrons. The maximum Gasteiger partial charge on any atom is 0.164 e. The molecule has 0 N–H and O–H groups in total. The Morgan fingerprint density at radius 1 is 0.938 bits per heavy atom. The van der Waals surface area contributed by atoms with Gasteiger partial charge in [0.25, 0.3) is 0 Å². The van der Waals surface area contributed by atoms with Gasteiger partial charge in [0.15, 0.2) is 5.82 Å². The van der Waals surface area contributed by atoms with E-state index in [0.29, 0.717) is 30.6 Å². The van der Waals surface area contributed by atoms with E-state index in [0.717, 1.165) is 0 Å². The van der Waals surface area contributed by atoms with Gasteiger partial charge in [-0.2, -0.15) is 0 Å². The van der Waals surface area contributed by atoms with Gasteiger partial charge in [0.05, 0.1) is 15.6 Å². The van der Waals surface area contributed by atoms with Crippen LogP contribution in [-0.4, -0.2) is 9.97 Å². The van der Waals surface area contributed by atoms with Gasteiger partial charge in [0.2, 0.25) is 0 Å². The smallest absolute Gasteiger partial charge is 0.164 e. The van der Waals surface area contributed by atoms with E-state index in [9.17, 15) is 0 Å². The van der Waals surface area contributed by atoms with Crippen molar-refractivity contribution in [3.05, 3.63) is 43.5 Å². The molecule has 0 unspecified atom stereocenters. The van der Waals surface area contributed by atoms with Gasteiger partial charge in [0, 0.05) is 6.07 Å². The highest BCUT2D eigenvalue weighted by atomic mass is 79.9. The molecule has 0 saturated carbocycles. The quantitative estimate of drug-likeness (QED) is 0.650. The second-order valence-electron chi connectivity index (χ2n) is 2.93. The Morgan fingerprint density at radius 2 is 1.44 bits per heavy atom. The molecule has 1 aromatic heterocycles. The molecule has 6 heteroatoms. The van der Waals surface area contributed by atoms with Crippen molar-refractivity contribution in [2.24, 2.45) is 0 Å². The lowest BCUT2D eigenvalue weighted by molar-refractivity contribution is 1.12. The number of rotatable bonds is 1. The summed E-state index contributed by atoms with van der Waals surface area (Å²) >= 11 is 18.7. The molecular formula is C10H4Br2Cl2N2. The fourth-order valence-electron chi connectivity index (χ4n) is 1.21. The van der Waals surface area contributed by atoms with Crippen molar-refractivity contribution in [2.45, 2.75) is 0 Å². The van der Waals surface area contributed by atoms with E-state index in [1.807, 2.05) is 0 Å². The summed E-state index contributed by atoms with van der Waals surface area (Å²) in [7, 11) is 0. The van der Waals surface area contributed by atoms with Gasteiger partial charge in [-0.25, -0.2) is 9.97 Å². The molecule has 0 fully saturated rings. The fraction of sp³-hybridized carbons (Fsp3) is 0. The van der Waals surface area contributed by atoms with Gasteiger partial charge in [-0.1, -0.05) is 29.3 Å². The highest BCUT2D eigenvalue weighted by Crippen LogP contribution is 2.33. The van der Waals surface area contributed by atoms with Crippen molar-refractivity contribution >= 4 is 55.1 Å². The number of halogens is 4. The van der Waals surface area contributed by atoms with Gasteiger partial charge in [0.1, 0.15) is 9.21 Å². The molecule has 0 amide bonds. The molecule has 0 aliphatic heterocycles. The first-order valence-electron chi connectivity index (χ1n) is 4.22. The first-order valence-corrected chi connectivity index (χ1v) is 6.56. The predicted molar refractivity (Wildman–Crippen MR) is 72.9 cm³/mol. The van der Waals surface area contributed by atoms with E-state index in [1.54, 1.807) is 24.3 Å². The van der Waals surface area contributed by atoms with Crippen LogP contribution in [0.2, 0.25) is 10.0 Å². The van der Waals surface area contributed by atoms with Gasteiger partial charge in [-0.15, -0.1) is 0 Å². The van der Waals surface area contributed by atoms with Crippen LogP contribution in [-0.2, 0) is 0 Å². The first-order chi connectivity index (χ1) is 7.58. The minimum Gasteiger partial charge on any atom is -0.221 e. The number of hydrogen-bond donors (Lipinski definition) is 0. The maximum atomic E-state index is 6.07. The predicted octanol–water partition coefficient (Wildman–Crippen LogP) is 4.98. The number of hydrogen-bond acceptors (Lipinski definition) is 2. The second-order valence-corrected chi connectivity index (χ2v) is 5.37. The van der Waals surface area contributed by atoms with E-state index >= 15 is 0 Å². The lowest BCUT2D eigenvalue weighted by atomic mass is 10.2. The van der Waals surface area contributed by atoms with Crippen molar-refractivity contribution in [3.8, 4) is 11.4 Å². The van der Waals surface area contributed by atoms with Crippen molar-refractivity contribution in [2.75, 3.05) is 0 Å². The molecule has 16 heavy (non-hydrogen) atoms. The molecule has 0 spiro atoms. The van der Waals surface area contributed by atoms with Crippen molar-refractivity contribution < 1.29 is 0 Å². The summed E-state index contributed by atoms with van der Waals surface area (Å²) in [5.41, 5.74) is 0.632. The van der Waals surface area contributed by atoms with Gasteiger partial charge in [-0.3, -0.25) is 0 Å². The van der Waals surface area contributed by atoms with Crippen molar-refractivity contribution in [1.82, 2.24) is 9.97 Å². The van der Waals surface area contributed by atoms with Crippen LogP contribution in [0.5, 0.6) is 0 Å². The highest BCUT2D eigenvalue weighted by molar-refractivity contribution is 9.11. The van der Waals surface area contributed by atoms with E-state index in [4.69, 9.17) is 23.2 Å². The topological polar surface area (TPSA) is 25.8 Å². The number of benzene rings is 1. The number of nitrogens with zero attached hydrogens (tertiary/aromatic N) is 2. The van der Waals surface area contributed by atoms with E-state index in [2.05, 4.69) is 41.8 Å². The van der Waals surface area contributed by atoms with Crippen LogP contribution in [0.4, 0.5) is 0 Å². The summed E-state index contributed by atoms with van der Waals surface area (Å²) in [5, 5.41) is 1.05. The zero-order valence-electron chi connectivity index (χ0n) is 7.72. The molecule has 2 nitrogen and oxygen atoms in total. The molecule has 0 aliphatic carbocycles. The largest absolute Gasteiger partial charge is 0.221 e. The Labute approximate surface area is 119 Å². The Balaban J connectivity index is 2.67. The monoisotopic (exact) mass is 380 g/mol. The normalized spacial score (nSPS) is 10.5. The van der Waals surface area contributed by atoms with Gasteiger partial charge < -0.3 is 0 Å². The Hall–Kier alpha value is -0.160. The third kappa shape index (κ3) is 2.56. The Morgan fingerprint density at radius 3 is 1.94 bits per heavy atom. The third-order valence-corrected chi connectivity index (χ3v) is 3.29. The summed E-state index contributed by atoms with van der Waals surface area (Å²) in [4.78, 5) is 8.47. The molecular weight excluding hydrogens is 379 g/mol. The van der Waals surface area contributed by atoms with E-state index in [1.165, 1.54) is 0 Å². The van der Waals surface area contributed by atoms with Crippen LogP contribution in [0.1, 0.15) is 0 Å². The average molecular weight is 383 g/mol. The second kappa shape index (κ2) is 5.00. The zero-order chi connectivity index (χ0) is 11.7. The minimum atomic E-state index is 0.483. The van der Waals surface area contributed by atoms with Gasteiger partial charge in [-0.05, 0) is 44.0 Å². The first kappa shape index (κ1) is 12.3. The fourth-order valence-corrected chi connectivity index (χ4v) is 2.86. The minimum absolute atomic E-state index is 0.483. The summed E-state index contributed by atoms with van der Waals surface area (Å²) in [6.07, 6.45) is 0. The summed E-state index contributed by atoms with van der Waals surface area (Å²) in [6.45, 7) is 0. The summed E-state index contributed by atoms with van der Waals surface area (Å²) in [5.74, 6) is 0.483. The molecule has 0 saturated heterocycles. The van der Waals surface area contributed by atoms with Crippen molar-refractivity contribution in [3.63, 3.8) is 0 Å². The number of aromatic nitrogens is 2. The SMILES string of the molecule is Clc1cccc(Cl)c1-c1nc(Br)cc(Br)n1. The van der Waals surface area contributed by atoms with Crippen LogP contribution in [0.3, 0.4) is 0 Å². The van der Waals surface area contributed by atoms with Crippen LogP contribution >= 0.6 is 55.1 Å². The summed E-state index contributed by atoms with van der Waals surface area (Å²) in [6, 6.07) is 7.03. The lowest BCUT2D eigenvalue weighted by Crippen LogP contribution is -1.92. The average Bonchev–Trinajstić information content (AvgIpc) is 2.15. The molecule has 2 rings (SSSR count). The van der Waals surface area contributed by atoms with Crippen LogP contribution in [0.25, 0.3) is 11.4 Å². The Bertz CT molecular complexity index is 506. The van der Waals surface area contributed by atoms with Crippen molar-refractivity contribution in [1.29, 1.82) is 0 Å². The third-order valence-electron chi connectivity index (χ3n) is 1.85. The van der Waals surface area contributed by atoms with Gasteiger partial charge >= 0.3 is 0 Å².